The molecule has 126 valence electrons. The van der Waals surface area contributed by atoms with Gasteiger partial charge in [-0.25, -0.2) is 4.90 Å². The molecule has 1 saturated carbocycles. The summed E-state index contributed by atoms with van der Waals surface area (Å²) < 4.78 is 4.95. The number of rotatable bonds is 3. The Hall–Kier alpha value is -0.360. The molecule has 0 aromatic rings. The quantitative estimate of drug-likeness (QED) is 0.595. The van der Waals surface area contributed by atoms with Crippen molar-refractivity contribution in [1.82, 2.24) is 9.80 Å². The number of ether oxygens (including phenoxy) is 1. The fourth-order valence-corrected chi connectivity index (χ4v) is 4.71. The molecule has 6 heteroatoms. The van der Waals surface area contributed by atoms with Crippen molar-refractivity contribution in [2.75, 3.05) is 33.9 Å². The van der Waals surface area contributed by atoms with Crippen LogP contribution in [0.2, 0.25) is 0 Å². The van der Waals surface area contributed by atoms with E-state index in [0.717, 1.165) is 25.6 Å². The number of fused-ring (bicyclic) bond motifs is 1. The molecule has 2 heterocycles. The van der Waals surface area contributed by atoms with Gasteiger partial charge < -0.3 is 10.1 Å². The lowest BCUT2D eigenvalue weighted by Crippen LogP contribution is -2.89. The normalized spacial score (nSPS) is 40.4. The van der Waals surface area contributed by atoms with Gasteiger partial charge in [0.1, 0.15) is 18.8 Å². The Morgan fingerprint density at radius 2 is 2.05 bits per heavy atom. The molecule has 22 heavy (non-hydrogen) atoms. The van der Waals surface area contributed by atoms with Gasteiger partial charge in [-0.1, -0.05) is 0 Å². The minimum atomic E-state index is -0.0896. The standard InChI is InChI=1S/C16H28ClN3O2/c1-19-9-15-13(7-14(19)16(21)22-2)18-10-20(15)8-11-3-5-12(17)6-4-11/h11-15,18H,3-10H2,1-2H3/p+1/t11?,12?,13?,14-,15?/m0/s1. The third kappa shape index (κ3) is 3.42. The molecule has 3 atom stereocenters. The minimum Gasteiger partial charge on any atom is -0.468 e. The van der Waals surface area contributed by atoms with Crippen molar-refractivity contribution in [2.45, 2.75) is 55.6 Å². The van der Waals surface area contributed by atoms with Crippen molar-refractivity contribution in [3.63, 3.8) is 0 Å². The Balaban J connectivity index is 1.56. The van der Waals surface area contributed by atoms with E-state index in [1.54, 1.807) is 0 Å². The molecule has 0 amide bonds. The van der Waals surface area contributed by atoms with Gasteiger partial charge in [-0.2, -0.15) is 0 Å². The van der Waals surface area contributed by atoms with E-state index in [2.05, 4.69) is 15.1 Å². The van der Waals surface area contributed by atoms with Crippen molar-refractivity contribution in [1.29, 1.82) is 0 Å². The highest BCUT2D eigenvalue weighted by Crippen LogP contribution is 2.30. The second-order valence-electron chi connectivity index (χ2n) is 7.25. The number of halogens is 1. The number of hydrogen-bond donors (Lipinski definition) is 1. The molecular weight excluding hydrogens is 302 g/mol. The van der Waals surface area contributed by atoms with Crippen molar-refractivity contribution in [3.05, 3.63) is 0 Å². The molecule has 2 N–H and O–H groups in total. The number of esters is 1. The zero-order valence-corrected chi connectivity index (χ0v) is 14.5. The predicted molar refractivity (Wildman–Crippen MR) is 85.7 cm³/mol. The zero-order chi connectivity index (χ0) is 15.7. The third-order valence-electron chi connectivity index (χ3n) is 5.85. The molecule has 0 aromatic carbocycles. The largest absolute Gasteiger partial charge is 0.468 e. The van der Waals surface area contributed by atoms with Gasteiger partial charge >= 0.3 is 5.97 Å². The zero-order valence-electron chi connectivity index (χ0n) is 13.7. The highest BCUT2D eigenvalue weighted by atomic mass is 35.5. The van der Waals surface area contributed by atoms with Gasteiger partial charge in [-0.05, 0) is 38.6 Å². The number of piperidine rings is 1. The van der Waals surface area contributed by atoms with E-state index in [1.807, 2.05) is 7.05 Å². The van der Waals surface area contributed by atoms with Crippen LogP contribution < -0.4 is 5.32 Å². The number of carbonyl (C=O) groups is 1. The Labute approximate surface area is 138 Å². The molecule has 0 bridgehead atoms. The molecule has 2 aliphatic heterocycles. The number of likely N-dealkylation sites (N-methyl/N-ethyl adjacent to an activating group) is 1. The number of quaternary nitrogens is 1. The van der Waals surface area contributed by atoms with Crippen molar-refractivity contribution >= 4 is 17.6 Å². The topological polar surface area (TPSA) is 49.4 Å². The van der Waals surface area contributed by atoms with E-state index < -0.39 is 0 Å². The Kier molecular flexibility index (Phi) is 5.28. The smallest absolute Gasteiger partial charge is 0.323 e. The molecule has 2 saturated heterocycles. The monoisotopic (exact) mass is 330 g/mol. The maximum Gasteiger partial charge on any atom is 0.323 e. The summed E-state index contributed by atoms with van der Waals surface area (Å²) in [5.41, 5.74) is 0. The third-order valence-corrected chi connectivity index (χ3v) is 6.29. The van der Waals surface area contributed by atoms with Crippen molar-refractivity contribution < 1.29 is 14.8 Å². The first-order valence-corrected chi connectivity index (χ1v) is 9.01. The average molecular weight is 331 g/mol. The number of carbonyl (C=O) groups excluding carboxylic acids is 1. The van der Waals surface area contributed by atoms with Crippen LogP contribution >= 0.6 is 11.6 Å². The molecule has 3 fully saturated rings. The van der Waals surface area contributed by atoms with Gasteiger partial charge in [0.15, 0.2) is 0 Å². The Bertz CT molecular complexity index is 401. The summed E-state index contributed by atoms with van der Waals surface area (Å²) >= 11 is 6.22. The number of likely N-dealkylation sites (tertiary alicyclic amines) is 1. The van der Waals surface area contributed by atoms with Crippen LogP contribution in [0.3, 0.4) is 0 Å². The molecule has 5 nitrogen and oxygen atoms in total. The van der Waals surface area contributed by atoms with Crippen LogP contribution in [-0.4, -0.2) is 73.2 Å². The van der Waals surface area contributed by atoms with Gasteiger partial charge in [-0.3, -0.25) is 9.69 Å². The van der Waals surface area contributed by atoms with E-state index in [-0.39, 0.29) is 12.0 Å². The molecule has 2 unspecified atom stereocenters. The second kappa shape index (κ2) is 7.04. The van der Waals surface area contributed by atoms with Crippen molar-refractivity contribution in [3.8, 4) is 0 Å². The van der Waals surface area contributed by atoms with E-state index in [0.29, 0.717) is 17.5 Å². The number of nitrogens with two attached hydrogens (primary N) is 1. The summed E-state index contributed by atoms with van der Waals surface area (Å²) in [6, 6.07) is 1.03. The molecule has 0 spiro atoms. The van der Waals surface area contributed by atoms with Crippen LogP contribution in [-0.2, 0) is 9.53 Å². The molecule has 3 aliphatic rings. The lowest BCUT2D eigenvalue weighted by molar-refractivity contribution is -0.678. The number of methoxy groups -OCH3 is 1. The first-order valence-electron chi connectivity index (χ1n) is 8.58. The number of alkyl halides is 1. The average Bonchev–Trinajstić information content (AvgIpc) is 2.90. The molecule has 1 aliphatic carbocycles. The molecule has 3 rings (SSSR count). The summed E-state index contributed by atoms with van der Waals surface area (Å²) in [6.07, 6.45) is 5.77. The second-order valence-corrected chi connectivity index (χ2v) is 7.87. The highest BCUT2D eigenvalue weighted by Gasteiger charge is 2.46. The maximum atomic E-state index is 11.9. The lowest BCUT2D eigenvalue weighted by atomic mass is 9.87. The predicted octanol–water partition coefficient (Wildman–Crippen LogP) is 0.235. The van der Waals surface area contributed by atoms with Crippen LogP contribution in [0.25, 0.3) is 0 Å². The van der Waals surface area contributed by atoms with Gasteiger partial charge in [0.05, 0.1) is 13.2 Å². The lowest BCUT2D eigenvalue weighted by Gasteiger charge is -2.39. The first-order chi connectivity index (χ1) is 10.6. The van der Waals surface area contributed by atoms with Gasteiger partial charge in [0.25, 0.3) is 0 Å². The highest BCUT2D eigenvalue weighted by molar-refractivity contribution is 6.20. The van der Waals surface area contributed by atoms with Crippen LogP contribution in [0, 0.1) is 5.92 Å². The summed E-state index contributed by atoms with van der Waals surface area (Å²) in [4.78, 5) is 16.7. The van der Waals surface area contributed by atoms with E-state index in [9.17, 15) is 4.79 Å². The molecular formula is C16H29ClN3O2+. The number of hydrogen-bond acceptors (Lipinski definition) is 4. The number of nitrogens with zero attached hydrogens (tertiary/aromatic N) is 2. The Morgan fingerprint density at radius 3 is 2.73 bits per heavy atom. The Morgan fingerprint density at radius 1 is 1.32 bits per heavy atom. The molecule has 0 aromatic heterocycles. The van der Waals surface area contributed by atoms with E-state index >= 15 is 0 Å². The molecule has 0 radical (unpaired) electrons. The SMILES string of the molecule is COC(=O)[C@@H]1CC2[NH2+]CN(CC3CCC(Cl)CC3)C2CN1C. The summed E-state index contributed by atoms with van der Waals surface area (Å²) in [7, 11) is 3.53. The van der Waals surface area contributed by atoms with Crippen LogP contribution in [0.5, 0.6) is 0 Å². The van der Waals surface area contributed by atoms with Gasteiger partial charge in [0.2, 0.25) is 0 Å². The van der Waals surface area contributed by atoms with E-state index in [1.165, 1.54) is 39.3 Å². The summed E-state index contributed by atoms with van der Waals surface area (Å²) in [5.74, 6) is 0.707. The summed E-state index contributed by atoms with van der Waals surface area (Å²) in [5, 5.41) is 2.82. The van der Waals surface area contributed by atoms with Gasteiger partial charge in [0, 0.05) is 24.9 Å². The fraction of sp³-hybridized carbons (Fsp3) is 0.938. The van der Waals surface area contributed by atoms with Crippen molar-refractivity contribution in [2.24, 2.45) is 5.92 Å². The van der Waals surface area contributed by atoms with Crippen LogP contribution in [0.4, 0.5) is 0 Å². The van der Waals surface area contributed by atoms with Crippen LogP contribution in [0.15, 0.2) is 0 Å². The minimum absolute atomic E-state index is 0.0749. The van der Waals surface area contributed by atoms with Gasteiger partial charge in [-0.15, -0.1) is 11.6 Å². The fourth-order valence-electron chi connectivity index (χ4n) is 4.46. The van der Waals surface area contributed by atoms with Crippen LogP contribution in [0.1, 0.15) is 32.1 Å². The first kappa shape index (κ1) is 16.5. The maximum absolute atomic E-state index is 11.9. The van der Waals surface area contributed by atoms with E-state index in [4.69, 9.17) is 16.3 Å². The summed E-state index contributed by atoms with van der Waals surface area (Å²) in [6.45, 7) is 3.22.